The molecule has 2 aliphatic carbocycles. The quantitative estimate of drug-likeness (QED) is 0.839. The van der Waals surface area contributed by atoms with Gasteiger partial charge in [-0.3, -0.25) is 0 Å². The van der Waals surface area contributed by atoms with Crippen molar-refractivity contribution in [3.63, 3.8) is 0 Å². The van der Waals surface area contributed by atoms with Crippen LogP contribution < -0.4 is 5.32 Å². The molecule has 2 saturated carbocycles. The van der Waals surface area contributed by atoms with Crippen molar-refractivity contribution in [3.05, 3.63) is 35.9 Å². The summed E-state index contributed by atoms with van der Waals surface area (Å²) in [6.07, 6.45) is 10.2. The Morgan fingerprint density at radius 1 is 1.04 bits per heavy atom. The van der Waals surface area contributed by atoms with Crippen molar-refractivity contribution in [2.24, 2.45) is 5.41 Å². The molecule has 1 aliphatic heterocycles. The number of nitrogens with one attached hydrogen (secondary N) is 1. The molecule has 1 aromatic carbocycles. The molecule has 24 heavy (non-hydrogen) atoms. The number of nitrogens with zero attached hydrogens (tertiary/aromatic N) is 1. The smallest absolute Gasteiger partial charge is 0.0858 e. The number of benzene rings is 1. The van der Waals surface area contributed by atoms with E-state index < -0.39 is 0 Å². The molecule has 3 fully saturated rings. The van der Waals surface area contributed by atoms with Crippen molar-refractivity contribution < 1.29 is 5.11 Å². The van der Waals surface area contributed by atoms with Crippen molar-refractivity contribution in [1.82, 2.24) is 10.2 Å². The van der Waals surface area contributed by atoms with Gasteiger partial charge < -0.3 is 15.3 Å². The largest absolute Gasteiger partial charge is 0.388 e. The molecule has 3 heteroatoms. The maximum Gasteiger partial charge on any atom is 0.0858 e. The van der Waals surface area contributed by atoms with Crippen molar-refractivity contribution in [2.75, 3.05) is 19.6 Å². The second-order valence-corrected chi connectivity index (χ2v) is 8.31. The lowest BCUT2D eigenvalue weighted by Gasteiger charge is -2.37. The summed E-state index contributed by atoms with van der Waals surface area (Å²) in [7, 11) is 0. The van der Waals surface area contributed by atoms with Crippen LogP contribution in [0.3, 0.4) is 0 Å². The van der Waals surface area contributed by atoms with Crippen LogP contribution in [0.1, 0.15) is 63.0 Å². The third kappa shape index (κ3) is 3.54. The second-order valence-electron chi connectivity index (χ2n) is 8.31. The van der Waals surface area contributed by atoms with E-state index in [0.717, 1.165) is 31.0 Å². The Morgan fingerprint density at radius 3 is 2.33 bits per heavy atom. The van der Waals surface area contributed by atoms with Gasteiger partial charge >= 0.3 is 0 Å². The summed E-state index contributed by atoms with van der Waals surface area (Å²) in [5.41, 5.74) is 1.16. The SMILES string of the molecule is O[C@@H](c1ccccc1)C1(CNC2CCN(C3CCCC3)CC2)CC1. The number of hydrogen-bond acceptors (Lipinski definition) is 3. The summed E-state index contributed by atoms with van der Waals surface area (Å²) < 4.78 is 0. The number of hydrogen-bond donors (Lipinski definition) is 2. The normalized spacial score (nSPS) is 26.5. The molecule has 0 amide bonds. The van der Waals surface area contributed by atoms with Crippen LogP contribution in [0.5, 0.6) is 0 Å². The van der Waals surface area contributed by atoms with E-state index in [0.29, 0.717) is 6.04 Å². The first-order valence-electron chi connectivity index (χ1n) is 9.97. The van der Waals surface area contributed by atoms with Crippen LogP contribution in [0.2, 0.25) is 0 Å². The van der Waals surface area contributed by atoms with E-state index in [1.54, 1.807) is 0 Å². The van der Waals surface area contributed by atoms with Crippen LogP contribution in [-0.2, 0) is 0 Å². The van der Waals surface area contributed by atoms with Crippen LogP contribution in [0.25, 0.3) is 0 Å². The number of likely N-dealkylation sites (tertiary alicyclic amines) is 1. The molecular formula is C21H32N2O. The molecule has 3 aliphatic rings. The van der Waals surface area contributed by atoms with Gasteiger partial charge in [0.2, 0.25) is 0 Å². The van der Waals surface area contributed by atoms with E-state index in [9.17, 15) is 5.11 Å². The Bertz CT molecular complexity index is 514. The molecule has 3 nitrogen and oxygen atoms in total. The van der Waals surface area contributed by atoms with E-state index >= 15 is 0 Å². The molecule has 1 heterocycles. The Hall–Kier alpha value is -0.900. The topological polar surface area (TPSA) is 35.5 Å². The highest BCUT2D eigenvalue weighted by molar-refractivity contribution is 5.22. The Labute approximate surface area is 146 Å². The zero-order chi connectivity index (χ0) is 16.4. The van der Waals surface area contributed by atoms with Crippen molar-refractivity contribution >= 4 is 0 Å². The molecule has 0 radical (unpaired) electrons. The summed E-state index contributed by atoms with van der Waals surface area (Å²) in [4.78, 5) is 2.73. The highest BCUT2D eigenvalue weighted by Crippen LogP contribution is 2.54. The van der Waals surface area contributed by atoms with Crippen molar-refractivity contribution in [2.45, 2.75) is 69.6 Å². The van der Waals surface area contributed by atoms with Crippen LogP contribution >= 0.6 is 0 Å². The van der Waals surface area contributed by atoms with Gasteiger partial charge in [-0.1, -0.05) is 43.2 Å². The average Bonchev–Trinajstić information content (AvgIpc) is 3.24. The lowest BCUT2D eigenvalue weighted by atomic mass is 9.92. The predicted molar refractivity (Wildman–Crippen MR) is 97.9 cm³/mol. The van der Waals surface area contributed by atoms with E-state index in [1.807, 2.05) is 18.2 Å². The number of aliphatic hydroxyl groups is 1. The molecule has 132 valence electrons. The molecule has 0 aromatic heterocycles. The molecule has 0 spiro atoms. The van der Waals surface area contributed by atoms with Crippen molar-refractivity contribution in [1.29, 1.82) is 0 Å². The highest BCUT2D eigenvalue weighted by Gasteiger charge is 2.49. The minimum Gasteiger partial charge on any atom is -0.388 e. The predicted octanol–water partition coefficient (Wildman–Crippen LogP) is 3.50. The first-order chi connectivity index (χ1) is 11.8. The first kappa shape index (κ1) is 16.6. The Kier molecular flexibility index (Phi) is 4.93. The van der Waals surface area contributed by atoms with Crippen LogP contribution in [0.4, 0.5) is 0 Å². The maximum absolute atomic E-state index is 10.8. The molecule has 1 saturated heterocycles. The summed E-state index contributed by atoms with van der Waals surface area (Å²) in [6.45, 7) is 3.49. The van der Waals surface area contributed by atoms with Gasteiger partial charge in [-0.2, -0.15) is 0 Å². The Morgan fingerprint density at radius 2 is 1.71 bits per heavy atom. The Balaban J connectivity index is 1.25. The third-order valence-corrected chi connectivity index (χ3v) is 6.70. The number of rotatable bonds is 6. The number of piperidine rings is 1. The number of aliphatic hydroxyl groups excluding tert-OH is 1. The maximum atomic E-state index is 10.8. The van der Waals surface area contributed by atoms with Crippen LogP contribution in [0.15, 0.2) is 30.3 Å². The first-order valence-corrected chi connectivity index (χ1v) is 9.97. The van der Waals surface area contributed by atoms with Gasteiger partial charge in [0, 0.05) is 24.0 Å². The fourth-order valence-corrected chi connectivity index (χ4v) is 4.78. The highest BCUT2D eigenvalue weighted by atomic mass is 16.3. The van der Waals surface area contributed by atoms with Gasteiger partial charge in [0.15, 0.2) is 0 Å². The van der Waals surface area contributed by atoms with Gasteiger partial charge in [0.05, 0.1) is 6.10 Å². The summed E-state index contributed by atoms with van der Waals surface area (Å²) in [5.74, 6) is 0. The molecule has 2 N–H and O–H groups in total. The van der Waals surface area contributed by atoms with E-state index in [4.69, 9.17) is 0 Å². The fourth-order valence-electron chi connectivity index (χ4n) is 4.78. The van der Waals surface area contributed by atoms with Gasteiger partial charge in [-0.25, -0.2) is 0 Å². The third-order valence-electron chi connectivity index (χ3n) is 6.70. The van der Waals surface area contributed by atoms with E-state index in [1.165, 1.54) is 51.6 Å². The molecule has 1 aromatic rings. The van der Waals surface area contributed by atoms with Crippen LogP contribution in [-0.4, -0.2) is 41.7 Å². The van der Waals surface area contributed by atoms with Gasteiger partial charge in [-0.05, 0) is 57.2 Å². The second kappa shape index (κ2) is 7.15. The van der Waals surface area contributed by atoms with Gasteiger partial charge in [-0.15, -0.1) is 0 Å². The monoisotopic (exact) mass is 328 g/mol. The minimum atomic E-state index is -0.315. The lowest BCUT2D eigenvalue weighted by Crippen LogP contribution is -2.47. The summed E-state index contributed by atoms with van der Waals surface area (Å²) in [5, 5.41) is 14.6. The van der Waals surface area contributed by atoms with Crippen LogP contribution in [0, 0.1) is 5.41 Å². The van der Waals surface area contributed by atoms with E-state index in [-0.39, 0.29) is 11.5 Å². The van der Waals surface area contributed by atoms with Gasteiger partial charge in [0.1, 0.15) is 0 Å². The zero-order valence-corrected chi connectivity index (χ0v) is 14.8. The molecule has 0 unspecified atom stereocenters. The van der Waals surface area contributed by atoms with Gasteiger partial charge in [0.25, 0.3) is 0 Å². The zero-order valence-electron chi connectivity index (χ0n) is 14.8. The lowest BCUT2D eigenvalue weighted by molar-refractivity contribution is 0.0844. The fraction of sp³-hybridized carbons (Fsp3) is 0.714. The molecule has 4 rings (SSSR count). The molecular weight excluding hydrogens is 296 g/mol. The summed E-state index contributed by atoms with van der Waals surface area (Å²) >= 11 is 0. The standard InChI is InChI=1S/C21H32N2O/c24-20(17-6-2-1-3-7-17)21(12-13-21)16-22-18-10-14-23(15-11-18)19-8-4-5-9-19/h1-3,6-7,18-20,22,24H,4-5,8-16H2/t20-/m0/s1. The molecule has 1 atom stereocenters. The van der Waals surface area contributed by atoms with Crippen molar-refractivity contribution in [3.8, 4) is 0 Å². The summed E-state index contributed by atoms with van der Waals surface area (Å²) in [6, 6.07) is 11.7. The average molecular weight is 329 g/mol. The van der Waals surface area contributed by atoms with E-state index in [2.05, 4.69) is 22.3 Å². The minimum absolute atomic E-state index is 0.0872. The molecule has 0 bridgehead atoms.